The van der Waals surface area contributed by atoms with Gasteiger partial charge in [0.1, 0.15) is 0 Å². The van der Waals surface area contributed by atoms with E-state index in [4.69, 9.17) is 39.8 Å². The Labute approximate surface area is 67.6 Å². The molecule has 74 valence electrons. The van der Waals surface area contributed by atoms with Gasteiger partial charge in [-0.05, 0) is 0 Å². The third-order valence-corrected chi connectivity index (χ3v) is 0. The molecule has 0 bridgehead atoms. The zero-order valence-electron chi connectivity index (χ0n) is 5.09. The molecule has 0 radical (unpaired) electrons. The molecule has 0 fully saturated rings. The summed E-state index contributed by atoms with van der Waals surface area (Å²) >= 11 is -5.52. The van der Waals surface area contributed by atoms with E-state index < -0.39 is 21.8 Å². The number of hydrogen-bond acceptors (Lipinski definition) is 7. The molecule has 0 heterocycles. The second kappa shape index (κ2) is 9.81. The van der Waals surface area contributed by atoms with Gasteiger partial charge in [-0.25, -0.2) is 0 Å². The second-order valence-electron chi connectivity index (χ2n) is 0.753. The Balaban J connectivity index is -0.000000105. The summed E-state index contributed by atoms with van der Waals surface area (Å²) in [6.45, 7) is 0. The summed E-state index contributed by atoms with van der Waals surface area (Å²) in [5.74, 6) is 0. The van der Waals surface area contributed by atoms with E-state index in [0.29, 0.717) is 0 Å². The van der Waals surface area contributed by atoms with Crippen molar-refractivity contribution in [2.75, 3.05) is 0 Å². The van der Waals surface area contributed by atoms with Crippen molar-refractivity contribution < 1.29 is 41.4 Å². The summed E-state index contributed by atoms with van der Waals surface area (Å²) in [5, 5.41) is 22.6. The molecule has 0 aromatic heterocycles. The van der Waals surface area contributed by atoms with Crippen LogP contribution in [0.4, 0.5) is 0 Å². The van der Waals surface area contributed by atoms with E-state index in [0.717, 1.165) is 0 Å². The van der Waals surface area contributed by atoms with Crippen molar-refractivity contribution >= 4 is 0 Å². The summed E-state index contributed by atoms with van der Waals surface area (Å²) in [6.07, 6.45) is 0. The monoisotopic (exact) mass is 273 g/mol. The zero-order chi connectivity index (χ0) is 10.8. The fourth-order valence-electron chi connectivity index (χ4n) is 0. The van der Waals surface area contributed by atoms with Crippen LogP contribution >= 0.6 is 0 Å². The Morgan fingerprint density at radius 3 is 1.25 bits per heavy atom. The summed E-state index contributed by atoms with van der Waals surface area (Å²) in [4.78, 5) is 16.4. The Kier molecular flexibility index (Phi) is 13.9. The van der Waals surface area contributed by atoms with Crippen LogP contribution in [0.5, 0.6) is 0 Å². The van der Waals surface area contributed by atoms with Crippen LogP contribution in [0.3, 0.4) is 0 Å². The van der Waals surface area contributed by atoms with Crippen LogP contribution in [-0.4, -0.2) is 17.8 Å². The van der Waals surface area contributed by atoms with Gasteiger partial charge in [-0.2, -0.15) is 0 Å². The van der Waals surface area contributed by atoms with Crippen LogP contribution in [0.25, 0.3) is 0 Å². The first-order chi connectivity index (χ1) is 5.15. The zero-order valence-corrected chi connectivity index (χ0v) is 7.10. The predicted octanol–water partition coefficient (Wildman–Crippen LogP) is -1.45. The Morgan fingerprint density at radius 2 is 1.25 bits per heavy atom. The molecule has 0 rings (SSSR count). The van der Waals surface area contributed by atoms with Crippen LogP contribution < -0.4 is 0 Å². The van der Waals surface area contributed by atoms with Crippen LogP contribution in [0.2, 0.25) is 0 Å². The first-order valence-corrected chi connectivity index (χ1v) is 5.06. The second-order valence-corrected chi connectivity index (χ2v) is 2.95. The minimum absolute atomic E-state index is 1.25. The molecule has 0 atom stereocenters. The summed E-state index contributed by atoms with van der Waals surface area (Å²) in [7, 11) is 0. The van der Waals surface area contributed by atoms with Gasteiger partial charge in [0, 0.05) is 0 Å². The molecule has 12 heavy (non-hydrogen) atoms. The molecule has 0 saturated carbocycles. The van der Waals surface area contributed by atoms with E-state index in [1.165, 1.54) is 5.34 Å². The third-order valence-electron chi connectivity index (χ3n) is 0. The average molecular weight is 271 g/mol. The van der Waals surface area contributed by atoms with Gasteiger partial charge in [0.25, 0.3) is 0 Å². The van der Waals surface area contributed by atoms with Gasteiger partial charge in [-0.1, -0.05) is 0 Å². The number of rotatable bonds is 0. The van der Waals surface area contributed by atoms with Crippen molar-refractivity contribution in [2.24, 2.45) is 5.34 Å². The van der Waals surface area contributed by atoms with Crippen LogP contribution in [0, 0.1) is 20.2 Å². The van der Waals surface area contributed by atoms with Gasteiger partial charge in [0.05, 0.1) is 5.09 Å². The Hall–Kier alpha value is -1.19. The van der Waals surface area contributed by atoms with Crippen LogP contribution in [0.1, 0.15) is 0 Å². The van der Waals surface area contributed by atoms with Crippen molar-refractivity contribution in [2.45, 2.75) is 0 Å². The summed E-state index contributed by atoms with van der Waals surface area (Å²) in [5.41, 5.74) is 0. The average Bonchev–Trinajstić information content (AvgIpc) is 1.56. The minimum atomic E-state index is -5.52. The molecule has 0 aliphatic rings. The topological polar surface area (TPSA) is 190 Å². The maximum absolute atomic E-state index is 8.85. The molecule has 11 nitrogen and oxygen atoms in total. The van der Waals surface area contributed by atoms with E-state index in [1.807, 2.05) is 0 Å². The van der Waals surface area contributed by atoms with Crippen molar-refractivity contribution in [3.63, 3.8) is 0 Å². The third kappa shape index (κ3) is 378. The molecular formula is H3MoN2O9-. The van der Waals surface area contributed by atoms with Gasteiger partial charge < -0.3 is 20.5 Å². The molecule has 12 heteroatoms. The van der Waals surface area contributed by atoms with E-state index in [9.17, 15) is 0 Å². The van der Waals surface area contributed by atoms with Crippen LogP contribution in [0.15, 0.2) is 5.34 Å². The normalized spacial score (nSPS) is 7.83. The Morgan fingerprint density at radius 1 is 1.25 bits per heavy atom. The molecule has 0 unspecified atom stereocenters. The SMILES string of the molecule is O=NO.O=[N+]([O-])[O-].[O]=[Mo](=[O])([OH])[OH]. The van der Waals surface area contributed by atoms with Crippen molar-refractivity contribution in [1.29, 1.82) is 0 Å². The predicted molar refractivity (Wildman–Crippen MR) is 23.8 cm³/mol. The molecule has 3 N–H and O–H groups in total. The first kappa shape index (κ1) is 17.1. The first-order valence-electron chi connectivity index (χ1n) is 1.63. The molecule has 0 aromatic carbocycles. The van der Waals surface area contributed by atoms with Crippen molar-refractivity contribution in [1.82, 2.24) is 0 Å². The van der Waals surface area contributed by atoms with E-state index in [-0.39, 0.29) is 0 Å². The van der Waals surface area contributed by atoms with Crippen molar-refractivity contribution in [3.05, 3.63) is 20.2 Å². The standard InChI is InChI=1S/Mo.NO3.HNO2.2H2O.2O/c;2-1(3)4;2-1-3;;;;/h;;(H,2,3);2*1H2;;/q+2;-1;;;;;/p-2. The molecule has 0 amide bonds. The summed E-state index contributed by atoms with van der Waals surface area (Å²) in [6, 6.07) is 0. The molecule has 0 aliphatic heterocycles. The van der Waals surface area contributed by atoms with E-state index >= 15 is 0 Å². The fraction of sp³-hybridized carbons (Fsp3) is 0. The van der Waals surface area contributed by atoms with Gasteiger partial charge in [-0.3, -0.25) is 0 Å². The van der Waals surface area contributed by atoms with Crippen LogP contribution in [-0.2, 0) is 23.5 Å². The molecule has 0 spiro atoms. The van der Waals surface area contributed by atoms with Gasteiger partial charge in [0.15, 0.2) is 5.34 Å². The van der Waals surface area contributed by atoms with E-state index in [1.54, 1.807) is 0 Å². The van der Waals surface area contributed by atoms with Gasteiger partial charge in [0.2, 0.25) is 0 Å². The number of nitrogens with zero attached hydrogens (tertiary/aromatic N) is 2. The maximum atomic E-state index is 8.85. The Bertz CT molecular complexity index is 189. The quantitative estimate of drug-likeness (QED) is 0.204. The summed E-state index contributed by atoms with van der Waals surface area (Å²) < 4.78 is 32.0. The fourth-order valence-corrected chi connectivity index (χ4v) is 0. The van der Waals surface area contributed by atoms with E-state index in [2.05, 4.69) is 0 Å². The molecule has 0 aliphatic carbocycles. The molecular weight excluding hydrogens is 268 g/mol. The van der Waals surface area contributed by atoms with Gasteiger partial charge in [-0.15, -0.1) is 4.91 Å². The molecule has 0 saturated heterocycles. The molecule has 0 aromatic rings. The van der Waals surface area contributed by atoms with Crippen molar-refractivity contribution in [3.8, 4) is 0 Å². The number of hydrogen-bond donors (Lipinski definition) is 3. The van der Waals surface area contributed by atoms with Gasteiger partial charge >= 0.3 is 31.1 Å².